The fourth-order valence-corrected chi connectivity index (χ4v) is 3.11. The molecule has 2 aromatic heterocycles. The highest BCUT2D eigenvalue weighted by Gasteiger charge is 2.22. The molecule has 0 unspecified atom stereocenters. The number of aryl methyl sites for hydroxylation is 3. The molecule has 0 bridgehead atoms. The molecule has 1 aliphatic rings. The Hall–Kier alpha value is -2.37. The summed E-state index contributed by atoms with van der Waals surface area (Å²) in [5.74, 6) is 1.09. The molecule has 6 nitrogen and oxygen atoms in total. The molecule has 1 N–H and O–H groups in total. The first-order valence-electron chi connectivity index (χ1n) is 8.58. The van der Waals surface area contributed by atoms with Crippen LogP contribution in [0, 0.1) is 13.8 Å². The number of anilines is 1. The van der Waals surface area contributed by atoms with Crippen molar-refractivity contribution in [3.05, 3.63) is 41.9 Å². The van der Waals surface area contributed by atoms with Crippen LogP contribution in [0.1, 0.15) is 30.7 Å². The third-order valence-corrected chi connectivity index (χ3v) is 4.33. The highest BCUT2D eigenvalue weighted by atomic mass is 16.1. The summed E-state index contributed by atoms with van der Waals surface area (Å²) in [4.78, 5) is 19.1. The highest BCUT2D eigenvalue weighted by Crippen LogP contribution is 2.18. The van der Waals surface area contributed by atoms with Gasteiger partial charge in [0, 0.05) is 44.0 Å². The zero-order valence-electron chi connectivity index (χ0n) is 14.4. The molecule has 3 heterocycles. The Morgan fingerprint density at radius 1 is 1.29 bits per heavy atom. The van der Waals surface area contributed by atoms with Gasteiger partial charge in [0.05, 0.1) is 5.69 Å². The Bertz CT molecular complexity index is 696. The van der Waals surface area contributed by atoms with E-state index in [0.717, 1.165) is 43.1 Å². The largest absolute Gasteiger partial charge is 0.355 e. The Labute approximate surface area is 142 Å². The molecule has 1 aliphatic heterocycles. The number of hydrogen-bond acceptors (Lipinski definition) is 4. The molecule has 1 atom stereocenters. The smallest absolute Gasteiger partial charge is 0.222 e. The van der Waals surface area contributed by atoms with E-state index in [9.17, 15) is 4.79 Å². The Morgan fingerprint density at radius 3 is 2.92 bits per heavy atom. The van der Waals surface area contributed by atoms with Crippen molar-refractivity contribution in [2.24, 2.45) is 0 Å². The summed E-state index contributed by atoms with van der Waals surface area (Å²) in [6.45, 7) is 6.39. The molecule has 0 saturated carbocycles. The lowest BCUT2D eigenvalue weighted by molar-refractivity contribution is -0.122. The number of nitrogens with zero attached hydrogens (tertiary/aromatic N) is 4. The van der Waals surface area contributed by atoms with Crippen LogP contribution in [0.2, 0.25) is 0 Å². The number of carbonyl (C=O) groups excluding carboxylic acids is 1. The molecular formula is C18H25N5O. The van der Waals surface area contributed by atoms with Crippen LogP contribution >= 0.6 is 0 Å². The molecule has 2 aromatic rings. The predicted octanol–water partition coefficient (Wildman–Crippen LogP) is 2.07. The number of rotatable bonds is 5. The minimum atomic E-state index is 0.0900. The van der Waals surface area contributed by atoms with E-state index in [1.807, 2.05) is 49.0 Å². The molecule has 0 radical (unpaired) electrons. The van der Waals surface area contributed by atoms with Crippen molar-refractivity contribution in [2.45, 2.75) is 45.7 Å². The fraction of sp³-hybridized carbons (Fsp3) is 0.500. The van der Waals surface area contributed by atoms with E-state index in [2.05, 4.69) is 20.3 Å². The summed E-state index contributed by atoms with van der Waals surface area (Å²) in [5, 5.41) is 7.47. The van der Waals surface area contributed by atoms with Crippen molar-refractivity contribution in [3.63, 3.8) is 0 Å². The second-order valence-electron chi connectivity index (χ2n) is 6.46. The molecule has 1 fully saturated rings. The van der Waals surface area contributed by atoms with Crippen molar-refractivity contribution >= 4 is 11.7 Å². The zero-order valence-corrected chi connectivity index (χ0v) is 14.4. The molecular weight excluding hydrogens is 302 g/mol. The van der Waals surface area contributed by atoms with Gasteiger partial charge >= 0.3 is 0 Å². The van der Waals surface area contributed by atoms with Gasteiger partial charge in [-0.1, -0.05) is 6.07 Å². The summed E-state index contributed by atoms with van der Waals surface area (Å²) in [5.41, 5.74) is 2.00. The number of piperidine rings is 1. The molecule has 24 heavy (non-hydrogen) atoms. The van der Waals surface area contributed by atoms with Gasteiger partial charge in [-0.2, -0.15) is 5.10 Å². The van der Waals surface area contributed by atoms with Gasteiger partial charge in [0.25, 0.3) is 0 Å². The first-order valence-corrected chi connectivity index (χ1v) is 8.58. The number of carbonyl (C=O) groups is 1. The van der Waals surface area contributed by atoms with Crippen LogP contribution in [0.15, 0.2) is 30.5 Å². The van der Waals surface area contributed by atoms with E-state index in [1.165, 1.54) is 0 Å². The van der Waals surface area contributed by atoms with Crippen molar-refractivity contribution < 1.29 is 4.79 Å². The van der Waals surface area contributed by atoms with Gasteiger partial charge in [0.2, 0.25) is 5.91 Å². The third kappa shape index (κ3) is 4.34. The molecule has 0 aromatic carbocycles. The molecule has 1 amide bonds. The SMILES string of the molecule is Cc1cccc(N2CCC[C@H](NC(=O)CCn3ccc(C)n3)C2)n1. The lowest BCUT2D eigenvalue weighted by atomic mass is 10.1. The third-order valence-electron chi connectivity index (χ3n) is 4.33. The van der Waals surface area contributed by atoms with Gasteiger partial charge in [-0.3, -0.25) is 9.48 Å². The first-order chi connectivity index (χ1) is 11.6. The predicted molar refractivity (Wildman–Crippen MR) is 93.9 cm³/mol. The average Bonchev–Trinajstić information content (AvgIpc) is 2.99. The molecule has 0 spiro atoms. The molecule has 128 valence electrons. The topological polar surface area (TPSA) is 63.1 Å². The van der Waals surface area contributed by atoms with Gasteiger partial charge in [0.1, 0.15) is 5.82 Å². The van der Waals surface area contributed by atoms with Crippen LogP contribution in [0.4, 0.5) is 5.82 Å². The molecule has 0 aliphatic carbocycles. The number of hydrogen-bond donors (Lipinski definition) is 1. The Balaban J connectivity index is 1.50. The van der Waals surface area contributed by atoms with Crippen molar-refractivity contribution in [3.8, 4) is 0 Å². The second kappa shape index (κ2) is 7.47. The van der Waals surface area contributed by atoms with Crippen molar-refractivity contribution in [1.82, 2.24) is 20.1 Å². The second-order valence-corrected chi connectivity index (χ2v) is 6.46. The number of nitrogens with one attached hydrogen (secondary N) is 1. The zero-order chi connectivity index (χ0) is 16.9. The lowest BCUT2D eigenvalue weighted by Gasteiger charge is -2.34. The van der Waals surface area contributed by atoms with Gasteiger partial charge in [-0.25, -0.2) is 4.98 Å². The van der Waals surface area contributed by atoms with E-state index in [4.69, 9.17) is 0 Å². The monoisotopic (exact) mass is 327 g/mol. The average molecular weight is 327 g/mol. The Morgan fingerprint density at radius 2 is 2.17 bits per heavy atom. The highest BCUT2D eigenvalue weighted by molar-refractivity contribution is 5.76. The summed E-state index contributed by atoms with van der Waals surface area (Å²) < 4.78 is 1.82. The van der Waals surface area contributed by atoms with E-state index in [1.54, 1.807) is 0 Å². The van der Waals surface area contributed by atoms with Crippen LogP contribution in [0.25, 0.3) is 0 Å². The first kappa shape index (κ1) is 16.5. The normalized spacial score (nSPS) is 17.8. The van der Waals surface area contributed by atoms with Crippen molar-refractivity contribution in [2.75, 3.05) is 18.0 Å². The Kier molecular flexibility index (Phi) is 5.13. The van der Waals surface area contributed by atoms with Gasteiger partial charge in [-0.05, 0) is 44.9 Å². The summed E-state index contributed by atoms with van der Waals surface area (Å²) in [7, 11) is 0. The number of aromatic nitrogens is 3. The quantitative estimate of drug-likeness (QED) is 0.913. The van der Waals surface area contributed by atoms with E-state index in [0.29, 0.717) is 13.0 Å². The van der Waals surface area contributed by atoms with Crippen LogP contribution in [-0.4, -0.2) is 39.8 Å². The van der Waals surface area contributed by atoms with Gasteiger partial charge in [-0.15, -0.1) is 0 Å². The van der Waals surface area contributed by atoms with E-state index < -0.39 is 0 Å². The van der Waals surface area contributed by atoms with Gasteiger partial charge in [0.15, 0.2) is 0 Å². The van der Waals surface area contributed by atoms with Crippen LogP contribution in [0.3, 0.4) is 0 Å². The maximum absolute atomic E-state index is 12.2. The maximum atomic E-state index is 12.2. The molecule has 6 heteroatoms. The van der Waals surface area contributed by atoms with Crippen molar-refractivity contribution in [1.29, 1.82) is 0 Å². The standard InChI is InChI=1S/C18H25N5O/c1-14-5-3-7-17(19-14)22-10-4-6-16(13-22)20-18(24)9-12-23-11-8-15(2)21-23/h3,5,7-8,11,16H,4,6,9-10,12-13H2,1-2H3,(H,20,24)/t16-/m0/s1. The fourth-order valence-electron chi connectivity index (χ4n) is 3.11. The summed E-state index contributed by atoms with van der Waals surface area (Å²) in [6.07, 6.45) is 4.46. The minimum Gasteiger partial charge on any atom is -0.355 e. The van der Waals surface area contributed by atoms with Crippen LogP contribution < -0.4 is 10.2 Å². The minimum absolute atomic E-state index is 0.0900. The molecule has 1 saturated heterocycles. The van der Waals surface area contributed by atoms with Crippen LogP contribution in [-0.2, 0) is 11.3 Å². The van der Waals surface area contributed by atoms with E-state index in [-0.39, 0.29) is 11.9 Å². The van der Waals surface area contributed by atoms with Crippen LogP contribution in [0.5, 0.6) is 0 Å². The number of pyridine rings is 1. The lowest BCUT2D eigenvalue weighted by Crippen LogP contribution is -2.48. The summed E-state index contributed by atoms with van der Waals surface area (Å²) in [6, 6.07) is 8.21. The molecule has 3 rings (SSSR count). The number of amides is 1. The van der Waals surface area contributed by atoms with Gasteiger partial charge < -0.3 is 10.2 Å². The van der Waals surface area contributed by atoms with E-state index >= 15 is 0 Å². The maximum Gasteiger partial charge on any atom is 0.222 e. The summed E-state index contributed by atoms with van der Waals surface area (Å²) >= 11 is 0.